The van der Waals surface area contributed by atoms with E-state index in [1.165, 1.54) is 0 Å². The lowest BCUT2D eigenvalue weighted by Crippen LogP contribution is -2.05. The molecule has 0 amide bonds. The number of pyridine rings is 1. The highest BCUT2D eigenvalue weighted by Crippen LogP contribution is 2.36. The molecule has 3 rings (SSSR count). The highest BCUT2D eigenvalue weighted by atomic mass is 79.9. The summed E-state index contributed by atoms with van der Waals surface area (Å²) in [6.45, 7) is 2.07. The number of hydrogen-bond donors (Lipinski definition) is 1. The Morgan fingerprint density at radius 1 is 1.15 bits per heavy atom. The smallest absolute Gasteiger partial charge is 0.434 e. The van der Waals surface area contributed by atoms with E-state index in [1.807, 2.05) is 24.3 Å². The first-order chi connectivity index (χ1) is 12.9. The van der Waals surface area contributed by atoms with E-state index < -0.39 is 11.9 Å². The molecule has 27 heavy (non-hydrogen) atoms. The molecule has 0 atom stereocenters. The van der Waals surface area contributed by atoms with Gasteiger partial charge in [0.25, 0.3) is 0 Å². The molecule has 0 bridgehead atoms. The number of halogens is 4. The Hall–Kier alpha value is -2.13. The number of rotatable bonds is 6. The average molecular weight is 458 g/mol. The molecule has 2 heterocycles. The van der Waals surface area contributed by atoms with Crippen LogP contribution in [-0.2, 0) is 12.6 Å². The van der Waals surface area contributed by atoms with Crippen molar-refractivity contribution in [2.75, 3.05) is 5.32 Å². The zero-order valence-corrected chi connectivity index (χ0v) is 16.6. The van der Waals surface area contributed by atoms with Gasteiger partial charge in [-0.3, -0.25) is 0 Å². The Labute approximate surface area is 166 Å². The van der Waals surface area contributed by atoms with E-state index in [4.69, 9.17) is 4.74 Å². The van der Waals surface area contributed by atoms with Crippen LogP contribution in [0.1, 0.15) is 24.6 Å². The van der Waals surface area contributed by atoms with Gasteiger partial charge in [0.15, 0.2) is 10.8 Å². The molecule has 4 nitrogen and oxygen atoms in total. The highest BCUT2D eigenvalue weighted by Gasteiger charge is 2.33. The maximum absolute atomic E-state index is 12.7. The molecule has 0 saturated carbocycles. The summed E-state index contributed by atoms with van der Waals surface area (Å²) < 4.78 is 44.8. The van der Waals surface area contributed by atoms with Crippen molar-refractivity contribution in [1.29, 1.82) is 0 Å². The number of ether oxygens (including phenoxy) is 1. The van der Waals surface area contributed by atoms with Crippen molar-refractivity contribution in [3.05, 3.63) is 57.6 Å². The molecule has 1 aromatic carbocycles. The van der Waals surface area contributed by atoms with E-state index in [0.29, 0.717) is 16.0 Å². The number of thiazole rings is 1. The second kappa shape index (κ2) is 8.26. The first-order valence-electron chi connectivity index (χ1n) is 8.09. The first-order valence-corrected chi connectivity index (χ1v) is 9.76. The standard InChI is InChI=1S/C18H15BrF3N3OS/c1-2-5-11-6-3-4-7-13(11)26-16-12(8-9-15(19)25-16)23-17-24-14(10-27-17)18(20,21)22/h3-4,6-10H,2,5H2,1H3,(H,23,24). The van der Waals surface area contributed by atoms with E-state index in [1.54, 1.807) is 12.1 Å². The van der Waals surface area contributed by atoms with Crippen LogP contribution in [0.3, 0.4) is 0 Å². The van der Waals surface area contributed by atoms with E-state index in [9.17, 15) is 13.2 Å². The molecule has 0 saturated heterocycles. The first kappa shape index (κ1) is 19.6. The Morgan fingerprint density at radius 2 is 1.93 bits per heavy atom. The molecule has 142 valence electrons. The van der Waals surface area contributed by atoms with E-state index in [0.717, 1.165) is 35.1 Å². The lowest BCUT2D eigenvalue weighted by Gasteiger charge is -2.13. The van der Waals surface area contributed by atoms with Crippen molar-refractivity contribution in [2.24, 2.45) is 0 Å². The molecule has 0 aliphatic carbocycles. The van der Waals surface area contributed by atoms with Gasteiger partial charge in [-0.1, -0.05) is 31.5 Å². The Morgan fingerprint density at radius 3 is 2.63 bits per heavy atom. The number of aromatic nitrogens is 2. The predicted molar refractivity (Wildman–Crippen MR) is 103 cm³/mol. The van der Waals surface area contributed by atoms with Gasteiger partial charge in [0, 0.05) is 5.38 Å². The van der Waals surface area contributed by atoms with Gasteiger partial charge in [0.05, 0.1) is 0 Å². The van der Waals surface area contributed by atoms with Crippen LogP contribution in [0.2, 0.25) is 0 Å². The van der Waals surface area contributed by atoms with Gasteiger partial charge < -0.3 is 10.1 Å². The van der Waals surface area contributed by atoms with Crippen LogP contribution in [0.5, 0.6) is 11.6 Å². The third-order valence-electron chi connectivity index (χ3n) is 3.56. The molecule has 2 aromatic heterocycles. The maximum Gasteiger partial charge on any atom is 0.434 e. The molecule has 0 aliphatic heterocycles. The van der Waals surface area contributed by atoms with Crippen molar-refractivity contribution in [2.45, 2.75) is 25.9 Å². The van der Waals surface area contributed by atoms with Crippen molar-refractivity contribution in [3.63, 3.8) is 0 Å². The summed E-state index contributed by atoms with van der Waals surface area (Å²) in [5.74, 6) is 0.903. The van der Waals surface area contributed by atoms with Gasteiger partial charge >= 0.3 is 6.18 Å². The quantitative estimate of drug-likeness (QED) is 0.413. The van der Waals surface area contributed by atoms with Crippen molar-refractivity contribution in [3.8, 4) is 11.6 Å². The number of anilines is 2. The largest absolute Gasteiger partial charge is 0.437 e. The monoisotopic (exact) mass is 457 g/mol. The Bertz CT molecular complexity index is 930. The average Bonchev–Trinajstić information content (AvgIpc) is 3.08. The highest BCUT2D eigenvalue weighted by molar-refractivity contribution is 9.10. The molecule has 0 fully saturated rings. The van der Waals surface area contributed by atoms with Crippen molar-refractivity contribution in [1.82, 2.24) is 9.97 Å². The molecule has 1 N–H and O–H groups in total. The summed E-state index contributed by atoms with van der Waals surface area (Å²) in [4.78, 5) is 7.89. The Balaban J connectivity index is 1.89. The van der Waals surface area contributed by atoms with E-state index >= 15 is 0 Å². The van der Waals surface area contributed by atoms with Crippen LogP contribution in [0.15, 0.2) is 46.4 Å². The van der Waals surface area contributed by atoms with Gasteiger partial charge in [-0.05, 0) is 46.1 Å². The second-order valence-corrected chi connectivity index (χ2v) is 7.28. The topological polar surface area (TPSA) is 47.0 Å². The van der Waals surface area contributed by atoms with Crippen LogP contribution in [0.4, 0.5) is 24.0 Å². The van der Waals surface area contributed by atoms with Crippen LogP contribution in [0.25, 0.3) is 0 Å². The summed E-state index contributed by atoms with van der Waals surface area (Å²) in [6.07, 6.45) is -2.68. The summed E-state index contributed by atoms with van der Waals surface area (Å²) in [5, 5.41) is 3.94. The number of hydrogen-bond acceptors (Lipinski definition) is 5. The Kier molecular flexibility index (Phi) is 6.01. The minimum atomic E-state index is -4.48. The third-order valence-corrected chi connectivity index (χ3v) is 4.76. The van der Waals surface area contributed by atoms with Crippen LogP contribution in [0, 0.1) is 0 Å². The van der Waals surface area contributed by atoms with Gasteiger partial charge in [0.1, 0.15) is 16.0 Å². The molecule has 0 spiro atoms. The molecule has 0 radical (unpaired) electrons. The van der Waals surface area contributed by atoms with Gasteiger partial charge in [-0.25, -0.2) is 9.97 Å². The zero-order valence-electron chi connectivity index (χ0n) is 14.2. The fourth-order valence-electron chi connectivity index (χ4n) is 2.35. The molecule has 0 aliphatic rings. The maximum atomic E-state index is 12.7. The van der Waals surface area contributed by atoms with Crippen LogP contribution in [-0.4, -0.2) is 9.97 Å². The number of para-hydroxylation sites is 1. The molecule has 3 aromatic rings. The lowest BCUT2D eigenvalue weighted by molar-refractivity contribution is -0.140. The fourth-order valence-corrected chi connectivity index (χ4v) is 3.37. The van der Waals surface area contributed by atoms with Crippen molar-refractivity contribution < 1.29 is 17.9 Å². The minimum Gasteiger partial charge on any atom is -0.437 e. The lowest BCUT2D eigenvalue weighted by atomic mass is 10.1. The summed E-state index contributed by atoms with van der Waals surface area (Å²) >= 11 is 4.16. The normalized spacial score (nSPS) is 11.4. The predicted octanol–water partition coefficient (Wildman–Crippen LogP) is 6.81. The molecular formula is C18H15BrF3N3OS. The molecular weight excluding hydrogens is 443 g/mol. The van der Waals surface area contributed by atoms with Gasteiger partial charge in [-0.15, -0.1) is 11.3 Å². The zero-order chi connectivity index (χ0) is 19.4. The van der Waals surface area contributed by atoms with E-state index in [2.05, 4.69) is 38.1 Å². The fraction of sp³-hybridized carbons (Fsp3) is 0.222. The number of nitrogens with one attached hydrogen (secondary N) is 1. The number of nitrogens with zero attached hydrogens (tertiary/aromatic N) is 2. The van der Waals surface area contributed by atoms with E-state index in [-0.39, 0.29) is 11.0 Å². The number of alkyl halides is 3. The summed E-state index contributed by atoms with van der Waals surface area (Å²) in [5.41, 5.74) is 0.518. The van der Waals surface area contributed by atoms with Gasteiger partial charge in [-0.2, -0.15) is 13.2 Å². The summed E-state index contributed by atoms with van der Waals surface area (Å²) in [7, 11) is 0. The van der Waals surface area contributed by atoms with Crippen LogP contribution < -0.4 is 10.1 Å². The number of benzene rings is 1. The van der Waals surface area contributed by atoms with Gasteiger partial charge in [0.2, 0.25) is 5.88 Å². The third kappa shape index (κ3) is 4.98. The number of aryl methyl sites for hydroxylation is 1. The SMILES string of the molecule is CCCc1ccccc1Oc1nc(Br)ccc1Nc1nc(C(F)(F)F)cs1. The second-order valence-electron chi connectivity index (χ2n) is 5.61. The molecule has 0 unspecified atom stereocenters. The minimum absolute atomic E-state index is 0.109. The molecule has 9 heteroatoms. The van der Waals surface area contributed by atoms with Crippen molar-refractivity contribution >= 4 is 38.1 Å². The summed E-state index contributed by atoms with van der Waals surface area (Å²) in [6, 6.07) is 10.9. The van der Waals surface area contributed by atoms with Crippen LogP contribution >= 0.6 is 27.3 Å².